The predicted octanol–water partition coefficient (Wildman–Crippen LogP) is 1.56. The van der Waals surface area contributed by atoms with Gasteiger partial charge < -0.3 is 39.9 Å². The molecule has 1 aromatic heterocycles. The fourth-order valence-electron chi connectivity index (χ4n) is 6.06. The summed E-state index contributed by atoms with van der Waals surface area (Å²) >= 11 is 0. The number of amides is 5. The van der Waals surface area contributed by atoms with E-state index >= 15 is 0 Å². The maximum atomic E-state index is 13.9. The summed E-state index contributed by atoms with van der Waals surface area (Å²) < 4.78 is 12.7. The van der Waals surface area contributed by atoms with Gasteiger partial charge in [-0.2, -0.15) is 5.10 Å². The summed E-state index contributed by atoms with van der Waals surface area (Å²) in [6.07, 6.45) is 2.07. The van der Waals surface area contributed by atoms with Crippen molar-refractivity contribution in [1.82, 2.24) is 35.1 Å². The van der Waals surface area contributed by atoms with Crippen LogP contribution in [0.2, 0.25) is 0 Å². The molecule has 3 aliphatic rings. The average Bonchev–Trinajstić information content (AvgIpc) is 3.60. The van der Waals surface area contributed by atoms with Crippen molar-refractivity contribution in [3.05, 3.63) is 42.1 Å². The van der Waals surface area contributed by atoms with Crippen molar-refractivity contribution in [2.75, 3.05) is 39.3 Å². The summed E-state index contributed by atoms with van der Waals surface area (Å²) in [6, 6.07) is 8.56. The van der Waals surface area contributed by atoms with Crippen LogP contribution in [0.25, 0.3) is 5.69 Å². The van der Waals surface area contributed by atoms with Gasteiger partial charge in [-0.1, -0.05) is 18.2 Å². The number of nitrogens with zero attached hydrogens (tertiary/aromatic N) is 5. The average molecular weight is 696 g/mol. The van der Waals surface area contributed by atoms with Gasteiger partial charge in [-0.25, -0.2) is 9.48 Å². The zero-order valence-electron chi connectivity index (χ0n) is 28.6. The number of para-hydroxylation sites is 1. The molecule has 0 unspecified atom stereocenters. The van der Waals surface area contributed by atoms with Gasteiger partial charge in [-0.3, -0.25) is 24.0 Å². The van der Waals surface area contributed by atoms with E-state index in [-0.39, 0.29) is 75.1 Å². The third-order valence-electron chi connectivity index (χ3n) is 8.89. The molecule has 2 saturated heterocycles. The quantitative estimate of drug-likeness (QED) is 0.277. The minimum Gasteiger partial charge on any atom is -0.481 e. The highest BCUT2D eigenvalue weighted by Gasteiger charge is 2.43. The number of likely N-dealkylation sites (tertiary alicyclic amines) is 1. The van der Waals surface area contributed by atoms with E-state index in [1.807, 2.05) is 0 Å². The second-order valence-electron chi connectivity index (χ2n) is 13.1. The molecule has 3 N–H and O–H groups in total. The molecule has 1 aliphatic carbocycles. The van der Waals surface area contributed by atoms with Crippen molar-refractivity contribution < 1.29 is 43.3 Å². The molecular weight excluding hydrogens is 650 g/mol. The zero-order chi connectivity index (χ0) is 36.0. The lowest BCUT2D eigenvalue weighted by Crippen LogP contribution is -2.56. The Bertz CT molecular complexity index is 1580. The van der Waals surface area contributed by atoms with Crippen LogP contribution in [0.5, 0.6) is 5.88 Å². The fraction of sp³-hybridized carbons (Fsp3) is 0.559. The summed E-state index contributed by atoms with van der Waals surface area (Å²) in [5, 5.41) is 19.5. The zero-order valence-corrected chi connectivity index (χ0v) is 28.6. The smallest absolute Gasteiger partial charge is 0.409 e. The Kier molecular flexibility index (Phi) is 11.3. The third kappa shape index (κ3) is 8.71. The molecule has 2 aliphatic heterocycles. The third-order valence-corrected chi connectivity index (χ3v) is 8.89. The maximum absolute atomic E-state index is 13.9. The number of ether oxygens (including phenoxy) is 2. The topological polar surface area (TPSA) is 193 Å². The van der Waals surface area contributed by atoms with Gasteiger partial charge in [0.1, 0.15) is 12.1 Å². The van der Waals surface area contributed by atoms with E-state index in [4.69, 9.17) is 9.47 Å². The Balaban J connectivity index is 1.33. The molecule has 0 bridgehead atoms. The van der Waals surface area contributed by atoms with Crippen molar-refractivity contribution in [3.63, 3.8) is 0 Å². The number of carbonyl (C=O) groups excluding carboxylic acids is 5. The van der Waals surface area contributed by atoms with Gasteiger partial charge in [0.05, 0.1) is 12.3 Å². The molecule has 2 aromatic rings. The number of aromatic nitrogens is 2. The van der Waals surface area contributed by atoms with Crippen LogP contribution in [0.15, 0.2) is 36.4 Å². The number of nitrogens with one attached hydrogen (secondary N) is 2. The first-order chi connectivity index (χ1) is 23.9. The van der Waals surface area contributed by atoms with Crippen LogP contribution in [0.4, 0.5) is 4.79 Å². The highest BCUT2D eigenvalue weighted by Crippen LogP contribution is 2.29. The Morgan fingerprint density at radius 1 is 0.980 bits per heavy atom. The van der Waals surface area contributed by atoms with E-state index in [1.165, 1.54) is 20.5 Å². The Morgan fingerprint density at radius 3 is 2.30 bits per heavy atom. The second kappa shape index (κ2) is 15.6. The molecule has 270 valence electrons. The molecule has 5 rings (SSSR count). The number of hydrogen-bond donors (Lipinski definition) is 3. The van der Waals surface area contributed by atoms with E-state index in [1.54, 1.807) is 56.0 Å². The second-order valence-corrected chi connectivity index (χ2v) is 13.1. The van der Waals surface area contributed by atoms with Gasteiger partial charge in [-0.05, 0) is 65.0 Å². The Hall–Kier alpha value is -5.15. The highest BCUT2D eigenvalue weighted by molar-refractivity contribution is 5.97. The molecule has 0 radical (unpaired) electrons. The van der Waals surface area contributed by atoms with Crippen LogP contribution in [-0.2, 0) is 23.9 Å². The lowest BCUT2D eigenvalue weighted by atomic mass is 10.1. The highest BCUT2D eigenvalue weighted by atomic mass is 16.6. The molecule has 16 nitrogen and oxygen atoms in total. The van der Waals surface area contributed by atoms with Gasteiger partial charge in [0.15, 0.2) is 11.3 Å². The van der Waals surface area contributed by atoms with Crippen LogP contribution < -0.4 is 15.4 Å². The number of carbonyl (C=O) groups is 6. The summed E-state index contributed by atoms with van der Waals surface area (Å²) in [5.41, 5.74) is -1.06. The number of carboxylic acids is 1. The molecule has 5 amide bonds. The van der Waals surface area contributed by atoms with Crippen LogP contribution in [0.1, 0.15) is 69.8 Å². The summed E-state index contributed by atoms with van der Waals surface area (Å²) in [5.74, 6) is -2.86. The predicted molar refractivity (Wildman–Crippen MR) is 177 cm³/mol. The Morgan fingerprint density at radius 2 is 1.66 bits per heavy atom. The number of rotatable bonds is 13. The lowest BCUT2D eigenvalue weighted by molar-refractivity contribution is -0.150. The van der Waals surface area contributed by atoms with Crippen molar-refractivity contribution in [2.24, 2.45) is 0 Å². The minimum atomic E-state index is -1.46. The first-order valence-corrected chi connectivity index (χ1v) is 17.1. The molecule has 1 saturated carbocycles. The molecule has 50 heavy (non-hydrogen) atoms. The minimum absolute atomic E-state index is 0.0707. The number of piperazine rings is 1. The van der Waals surface area contributed by atoms with Gasteiger partial charge in [0.25, 0.3) is 11.8 Å². The normalized spacial score (nSPS) is 18.3. The molecule has 1 aromatic carbocycles. The van der Waals surface area contributed by atoms with Crippen LogP contribution in [-0.4, -0.2) is 128 Å². The molecule has 0 spiro atoms. The Labute approximate surface area is 290 Å². The van der Waals surface area contributed by atoms with Gasteiger partial charge >= 0.3 is 12.1 Å². The van der Waals surface area contributed by atoms with Gasteiger partial charge in [0.2, 0.25) is 17.7 Å². The summed E-state index contributed by atoms with van der Waals surface area (Å²) in [7, 11) is 0. The van der Waals surface area contributed by atoms with Crippen LogP contribution in [0.3, 0.4) is 0 Å². The largest absolute Gasteiger partial charge is 0.481 e. The first-order valence-electron chi connectivity index (χ1n) is 17.1. The number of hydrogen-bond acceptors (Lipinski definition) is 9. The molecule has 3 heterocycles. The van der Waals surface area contributed by atoms with E-state index in [0.29, 0.717) is 25.1 Å². The fourth-order valence-corrected chi connectivity index (χ4v) is 6.06. The van der Waals surface area contributed by atoms with E-state index in [2.05, 4.69) is 15.7 Å². The molecule has 2 atom stereocenters. The first kappa shape index (κ1) is 36.1. The standard InChI is InChI=1S/C34H45N7O9/c1-4-49-33(48)39-19-17-38(18-20-39)31(46)24(14-15-28(42)43)36-29(44)25-21-27(41(37-25)23-9-6-5-7-10-23)50-34(2,3)32(47)40-16-8-11-26(40)30(45)35-22-12-13-22/h5-7,9-10,21-22,24,26H,4,8,11-20H2,1-3H3,(H,35,45)(H,36,44)(H,42,43)/t24-,26-/m0/s1. The van der Waals surface area contributed by atoms with Crippen molar-refractivity contribution in [2.45, 2.75) is 83.0 Å². The van der Waals surface area contributed by atoms with Gasteiger partial charge in [0, 0.05) is 51.3 Å². The number of benzene rings is 1. The number of aliphatic carboxylic acids is 1. The van der Waals surface area contributed by atoms with E-state index in [0.717, 1.165) is 12.8 Å². The SMILES string of the molecule is CCOC(=O)N1CCN(C(=O)[C@H](CCC(=O)O)NC(=O)c2cc(OC(C)(C)C(=O)N3CCC[C@H]3C(=O)NC3CC3)n(-c3ccccc3)n2)CC1. The summed E-state index contributed by atoms with van der Waals surface area (Å²) in [4.78, 5) is 82.1. The lowest BCUT2D eigenvalue weighted by Gasteiger charge is -2.35. The van der Waals surface area contributed by atoms with Gasteiger partial charge in [-0.15, -0.1) is 0 Å². The number of carboxylic acid groups (broad SMARTS) is 1. The van der Waals surface area contributed by atoms with E-state index < -0.39 is 41.6 Å². The molecular formula is C34H45N7O9. The van der Waals surface area contributed by atoms with Crippen molar-refractivity contribution in [1.29, 1.82) is 0 Å². The maximum Gasteiger partial charge on any atom is 0.409 e. The summed E-state index contributed by atoms with van der Waals surface area (Å²) in [6.45, 7) is 6.33. The monoisotopic (exact) mass is 695 g/mol. The van der Waals surface area contributed by atoms with Crippen molar-refractivity contribution in [3.8, 4) is 11.6 Å². The van der Waals surface area contributed by atoms with Crippen LogP contribution in [0, 0.1) is 0 Å². The van der Waals surface area contributed by atoms with Crippen LogP contribution >= 0.6 is 0 Å². The van der Waals surface area contributed by atoms with Crippen molar-refractivity contribution >= 4 is 35.7 Å². The molecule has 16 heteroatoms. The molecule has 3 fully saturated rings. The van der Waals surface area contributed by atoms with E-state index in [9.17, 15) is 33.9 Å².